The molecule has 4 heteroatoms. The van der Waals surface area contributed by atoms with E-state index in [1.165, 1.54) is 11.1 Å². The third-order valence-electron chi connectivity index (χ3n) is 5.00. The number of rotatable bonds is 2. The molecule has 122 valence electrons. The number of aromatic nitrogens is 3. The normalized spacial score (nSPS) is 16.7. The van der Waals surface area contributed by atoms with Crippen LogP contribution in [0.2, 0.25) is 0 Å². The highest BCUT2D eigenvalue weighted by atomic mass is 16.5. The van der Waals surface area contributed by atoms with E-state index in [0.717, 1.165) is 41.6 Å². The largest absolute Gasteiger partial charge is 0.332 e. The average Bonchev–Trinajstić information content (AvgIpc) is 3.17. The first-order chi connectivity index (χ1) is 12.4. The van der Waals surface area contributed by atoms with Crippen molar-refractivity contribution in [1.29, 1.82) is 0 Å². The Morgan fingerprint density at radius 2 is 1.84 bits per heavy atom. The molecule has 5 rings (SSSR count). The van der Waals surface area contributed by atoms with Gasteiger partial charge >= 0.3 is 0 Å². The standard InChI is InChI=1S/C21H17N3O/c1-3-9-16-14(6-1)8-5-11-18(16)20-23-21(25-24-20)19-17-10-4-2-7-15(17)12-13-22-19/h1-4,6-7,9-10,12-13,18H,5,8,11H2/t18-/m1/s1. The third-order valence-corrected chi connectivity index (χ3v) is 5.00. The summed E-state index contributed by atoms with van der Waals surface area (Å²) in [4.78, 5) is 9.20. The molecule has 0 saturated heterocycles. The van der Waals surface area contributed by atoms with Gasteiger partial charge in [0.1, 0.15) is 5.69 Å². The molecule has 4 aromatic rings. The lowest BCUT2D eigenvalue weighted by molar-refractivity contribution is 0.414. The molecular formula is C21H17N3O. The number of nitrogens with zero attached hydrogens (tertiary/aromatic N) is 3. The summed E-state index contributed by atoms with van der Waals surface area (Å²) in [6, 6.07) is 18.7. The number of aryl methyl sites for hydroxylation is 1. The number of benzene rings is 2. The summed E-state index contributed by atoms with van der Waals surface area (Å²) in [5.74, 6) is 1.46. The Hall–Kier alpha value is -3.01. The van der Waals surface area contributed by atoms with E-state index in [9.17, 15) is 0 Å². The number of pyridine rings is 1. The fourth-order valence-electron chi connectivity index (χ4n) is 3.78. The Morgan fingerprint density at radius 1 is 0.960 bits per heavy atom. The molecule has 1 aliphatic carbocycles. The first-order valence-corrected chi connectivity index (χ1v) is 8.66. The highest BCUT2D eigenvalue weighted by Gasteiger charge is 2.26. The Kier molecular flexibility index (Phi) is 3.33. The molecule has 25 heavy (non-hydrogen) atoms. The lowest BCUT2D eigenvalue weighted by Gasteiger charge is -2.22. The summed E-state index contributed by atoms with van der Waals surface area (Å²) in [7, 11) is 0. The second-order valence-electron chi connectivity index (χ2n) is 6.48. The van der Waals surface area contributed by atoms with Crippen LogP contribution in [0, 0.1) is 0 Å². The molecule has 2 heterocycles. The Morgan fingerprint density at radius 3 is 2.84 bits per heavy atom. The zero-order valence-electron chi connectivity index (χ0n) is 13.7. The van der Waals surface area contributed by atoms with Gasteiger partial charge in [-0.3, -0.25) is 4.98 Å². The van der Waals surface area contributed by atoms with Gasteiger partial charge in [0.25, 0.3) is 5.89 Å². The van der Waals surface area contributed by atoms with Crippen molar-refractivity contribution in [2.24, 2.45) is 0 Å². The quantitative estimate of drug-likeness (QED) is 0.533. The van der Waals surface area contributed by atoms with Gasteiger partial charge in [0.2, 0.25) is 0 Å². The van der Waals surface area contributed by atoms with E-state index in [4.69, 9.17) is 9.51 Å². The van der Waals surface area contributed by atoms with Gasteiger partial charge in [-0.05, 0) is 41.8 Å². The van der Waals surface area contributed by atoms with Crippen molar-refractivity contribution in [2.75, 3.05) is 0 Å². The Bertz CT molecular complexity index is 1050. The van der Waals surface area contributed by atoms with Gasteiger partial charge in [-0.1, -0.05) is 53.7 Å². The fraction of sp³-hybridized carbons (Fsp3) is 0.190. The van der Waals surface area contributed by atoms with E-state index in [0.29, 0.717) is 5.89 Å². The topological polar surface area (TPSA) is 51.8 Å². The van der Waals surface area contributed by atoms with Crippen molar-refractivity contribution in [3.63, 3.8) is 0 Å². The van der Waals surface area contributed by atoms with E-state index in [1.807, 2.05) is 24.3 Å². The second kappa shape index (κ2) is 5.81. The lowest BCUT2D eigenvalue weighted by Crippen LogP contribution is -2.12. The molecule has 0 spiro atoms. The van der Waals surface area contributed by atoms with Gasteiger partial charge in [-0.2, -0.15) is 4.98 Å². The molecule has 0 fully saturated rings. The molecule has 2 aromatic heterocycles. The van der Waals surface area contributed by atoms with Crippen LogP contribution in [0.5, 0.6) is 0 Å². The molecule has 0 amide bonds. The van der Waals surface area contributed by atoms with Gasteiger partial charge in [0.15, 0.2) is 5.82 Å². The van der Waals surface area contributed by atoms with Crippen molar-refractivity contribution in [1.82, 2.24) is 15.1 Å². The molecule has 0 N–H and O–H groups in total. The van der Waals surface area contributed by atoms with Crippen molar-refractivity contribution in [3.05, 3.63) is 77.7 Å². The minimum absolute atomic E-state index is 0.206. The summed E-state index contributed by atoms with van der Waals surface area (Å²) in [5, 5.41) is 6.45. The van der Waals surface area contributed by atoms with Crippen LogP contribution >= 0.6 is 0 Å². The van der Waals surface area contributed by atoms with Crippen molar-refractivity contribution < 1.29 is 4.52 Å². The maximum absolute atomic E-state index is 5.60. The van der Waals surface area contributed by atoms with Crippen LogP contribution < -0.4 is 0 Å². The highest BCUT2D eigenvalue weighted by Crippen LogP contribution is 2.36. The molecule has 0 saturated carbocycles. The van der Waals surface area contributed by atoms with E-state index >= 15 is 0 Å². The molecule has 0 unspecified atom stereocenters. The molecule has 1 aliphatic rings. The van der Waals surface area contributed by atoms with Gasteiger partial charge in [0, 0.05) is 17.5 Å². The van der Waals surface area contributed by atoms with E-state index < -0.39 is 0 Å². The van der Waals surface area contributed by atoms with Gasteiger partial charge in [-0.15, -0.1) is 0 Å². The van der Waals surface area contributed by atoms with Gasteiger partial charge in [-0.25, -0.2) is 0 Å². The molecule has 0 aliphatic heterocycles. The van der Waals surface area contributed by atoms with E-state index in [2.05, 4.69) is 40.5 Å². The third kappa shape index (κ3) is 2.41. The first-order valence-electron chi connectivity index (χ1n) is 8.66. The molecule has 1 atom stereocenters. The molecule has 4 nitrogen and oxygen atoms in total. The zero-order chi connectivity index (χ0) is 16.6. The maximum Gasteiger partial charge on any atom is 0.277 e. The van der Waals surface area contributed by atoms with Gasteiger partial charge < -0.3 is 4.52 Å². The van der Waals surface area contributed by atoms with Crippen LogP contribution in [0.4, 0.5) is 0 Å². The van der Waals surface area contributed by atoms with Crippen LogP contribution in [0.1, 0.15) is 35.7 Å². The summed E-state index contributed by atoms with van der Waals surface area (Å²) < 4.78 is 5.60. The van der Waals surface area contributed by atoms with Crippen LogP contribution in [0.25, 0.3) is 22.4 Å². The predicted octanol–water partition coefficient (Wildman–Crippen LogP) is 4.75. The smallest absolute Gasteiger partial charge is 0.277 e. The number of fused-ring (bicyclic) bond motifs is 2. The Balaban J connectivity index is 1.59. The van der Waals surface area contributed by atoms with Crippen LogP contribution in [0.15, 0.2) is 65.3 Å². The number of hydrogen-bond donors (Lipinski definition) is 0. The van der Waals surface area contributed by atoms with Gasteiger partial charge in [0.05, 0.1) is 0 Å². The summed E-state index contributed by atoms with van der Waals surface area (Å²) >= 11 is 0. The predicted molar refractivity (Wildman–Crippen MR) is 96.3 cm³/mol. The van der Waals surface area contributed by atoms with Crippen molar-refractivity contribution in [3.8, 4) is 11.6 Å². The van der Waals surface area contributed by atoms with Crippen molar-refractivity contribution >= 4 is 10.8 Å². The minimum Gasteiger partial charge on any atom is -0.332 e. The van der Waals surface area contributed by atoms with Crippen LogP contribution in [-0.2, 0) is 6.42 Å². The zero-order valence-corrected chi connectivity index (χ0v) is 13.7. The first kappa shape index (κ1) is 14.3. The van der Waals surface area contributed by atoms with Crippen LogP contribution in [-0.4, -0.2) is 15.1 Å². The molecule has 0 bridgehead atoms. The highest BCUT2D eigenvalue weighted by molar-refractivity contribution is 5.92. The molecule has 0 radical (unpaired) electrons. The summed E-state index contributed by atoms with van der Waals surface area (Å²) in [6.07, 6.45) is 5.12. The molecule has 2 aromatic carbocycles. The Labute approximate surface area is 145 Å². The van der Waals surface area contributed by atoms with Crippen molar-refractivity contribution in [2.45, 2.75) is 25.2 Å². The molecular weight excluding hydrogens is 310 g/mol. The van der Waals surface area contributed by atoms with Crippen LogP contribution in [0.3, 0.4) is 0 Å². The summed E-state index contributed by atoms with van der Waals surface area (Å²) in [5.41, 5.74) is 3.47. The summed E-state index contributed by atoms with van der Waals surface area (Å²) in [6.45, 7) is 0. The number of hydrogen-bond acceptors (Lipinski definition) is 4. The maximum atomic E-state index is 5.60. The lowest BCUT2D eigenvalue weighted by atomic mass is 9.82. The van der Waals surface area contributed by atoms with E-state index in [1.54, 1.807) is 6.20 Å². The average molecular weight is 327 g/mol. The minimum atomic E-state index is 0.206. The fourth-order valence-corrected chi connectivity index (χ4v) is 3.78. The SMILES string of the molecule is c1ccc2c(c1)CCC[C@H]2c1noc(-c2nccc3ccccc23)n1. The monoisotopic (exact) mass is 327 g/mol. The van der Waals surface area contributed by atoms with E-state index in [-0.39, 0.29) is 5.92 Å². The second-order valence-corrected chi connectivity index (χ2v) is 6.48.